The highest BCUT2D eigenvalue weighted by Crippen LogP contribution is 2.35. The monoisotopic (exact) mass is 415 g/mol. The van der Waals surface area contributed by atoms with Gasteiger partial charge in [0, 0.05) is 5.56 Å². The van der Waals surface area contributed by atoms with Gasteiger partial charge in [0.2, 0.25) is 0 Å². The number of benzene rings is 2. The highest BCUT2D eigenvalue weighted by Gasteiger charge is 2.33. The number of nitriles is 1. The Hall–Kier alpha value is -3.13. The van der Waals surface area contributed by atoms with Crippen LogP contribution in [0.3, 0.4) is 0 Å². The van der Waals surface area contributed by atoms with E-state index in [0.29, 0.717) is 29.1 Å². The van der Waals surface area contributed by atoms with Crippen molar-refractivity contribution in [3.8, 4) is 17.5 Å². The molecular weight excluding hydrogens is 386 g/mol. The van der Waals surface area contributed by atoms with Gasteiger partial charge in [-0.1, -0.05) is 51.5 Å². The minimum atomic E-state index is -0.231. The van der Waals surface area contributed by atoms with Gasteiger partial charge >= 0.3 is 5.97 Å². The van der Waals surface area contributed by atoms with Gasteiger partial charge in [0.05, 0.1) is 22.7 Å². The van der Waals surface area contributed by atoms with Crippen LogP contribution in [0.15, 0.2) is 48.5 Å². The summed E-state index contributed by atoms with van der Waals surface area (Å²) in [5.74, 6) is 1.92. The fourth-order valence-electron chi connectivity index (χ4n) is 4.77. The molecular formula is C26H29N3O2. The second-order valence-electron chi connectivity index (χ2n) is 9.06. The lowest BCUT2D eigenvalue weighted by atomic mass is 9.75. The maximum Gasteiger partial charge on any atom is 0.326 e. The Balaban J connectivity index is 1.64. The quantitative estimate of drug-likeness (QED) is 0.510. The van der Waals surface area contributed by atoms with Gasteiger partial charge in [0.1, 0.15) is 18.5 Å². The van der Waals surface area contributed by atoms with Crippen molar-refractivity contribution >= 4 is 17.0 Å². The standard InChI is InChI=1S/C26H29N3O2/c1-17(2)21-12-11-18(3)13-24(21)31-25(30)16-29-23-10-5-4-9-22(23)28-26(29)20-8-6-7-19(14-20)15-27/h4-10,14,17-18,21,24H,11-13,16H2,1-3H3/t18-,21?,24-/m1/s1. The first kappa shape index (κ1) is 21.1. The van der Waals surface area contributed by atoms with Crippen LogP contribution in [0.25, 0.3) is 22.4 Å². The predicted octanol–water partition coefficient (Wildman–Crippen LogP) is 5.58. The second-order valence-corrected chi connectivity index (χ2v) is 9.06. The van der Waals surface area contributed by atoms with Crippen LogP contribution < -0.4 is 0 Å². The molecule has 0 spiro atoms. The maximum absolute atomic E-state index is 13.1. The summed E-state index contributed by atoms with van der Waals surface area (Å²) in [5, 5.41) is 9.29. The summed E-state index contributed by atoms with van der Waals surface area (Å²) in [5.41, 5.74) is 3.08. The van der Waals surface area contributed by atoms with Crippen molar-refractivity contribution in [1.29, 1.82) is 5.26 Å². The number of carbonyl (C=O) groups is 1. The van der Waals surface area contributed by atoms with Crippen LogP contribution in [0.2, 0.25) is 0 Å². The summed E-state index contributed by atoms with van der Waals surface area (Å²) in [6.07, 6.45) is 3.20. The van der Waals surface area contributed by atoms with E-state index in [1.54, 1.807) is 12.1 Å². The molecule has 1 saturated carbocycles. The molecule has 3 atom stereocenters. The minimum Gasteiger partial charge on any atom is -0.461 e. The first-order chi connectivity index (χ1) is 15.0. The van der Waals surface area contributed by atoms with Crippen LogP contribution >= 0.6 is 0 Å². The third-order valence-electron chi connectivity index (χ3n) is 6.44. The second kappa shape index (κ2) is 8.93. The molecule has 1 aliphatic carbocycles. The highest BCUT2D eigenvalue weighted by molar-refractivity contribution is 5.83. The number of carbonyl (C=O) groups excluding carboxylic acids is 1. The summed E-state index contributed by atoms with van der Waals surface area (Å²) in [7, 11) is 0. The van der Waals surface area contributed by atoms with Crippen molar-refractivity contribution in [1.82, 2.24) is 9.55 Å². The number of hydrogen-bond acceptors (Lipinski definition) is 4. The van der Waals surface area contributed by atoms with Gasteiger partial charge in [0.25, 0.3) is 0 Å². The van der Waals surface area contributed by atoms with E-state index in [1.807, 2.05) is 41.0 Å². The van der Waals surface area contributed by atoms with Gasteiger partial charge < -0.3 is 9.30 Å². The SMILES string of the molecule is CC(C)C1CC[C@@H](C)C[C@H]1OC(=O)Cn1c(-c2cccc(C#N)c2)nc2ccccc21. The number of imidazole rings is 1. The summed E-state index contributed by atoms with van der Waals surface area (Å²) in [6.45, 7) is 6.76. The molecule has 0 amide bonds. The van der Waals surface area contributed by atoms with Gasteiger partial charge in [-0.3, -0.25) is 4.79 Å². The average molecular weight is 416 g/mol. The van der Waals surface area contributed by atoms with E-state index < -0.39 is 0 Å². The molecule has 1 fully saturated rings. The van der Waals surface area contributed by atoms with E-state index in [1.165, 1.54) is 6.42 Å². The molecule has 1 aromatic heterocycles. The van der Waals surface area contributed by atoms with Gasteiger partial charge in [-0.15, -0.1) is 0 Å². The van der Waals surface area contributed by atoms with Gasteiger partial charge in [0.15, 0.2) is 0 Å². The Kier molecular flexibility index (Phi) is 6.08. The van der Waals surface area contributed by atoms with Crippen molar-refractivity contribution in [2.45, 2.75) is 52.7 Å². The van der Waals surface area contributed by atoms with Crippen molar-refractivity contribution in [2.75, 3.05) is 0 Å². The zero-order valence-corrected chi connectivity index (χ0v) is 18.4. The number of para-hydroxylation sites is 2. The van der Waals surface area contributed by atoms with Crippen LogP contribution in [0.1, 0.15) is 45.6 Å². The number of ether oxygens (including phenoxy) is 1. The van der Waals surface area contributed by atoms with Crippen LogP contribution in [0.5, 0.6) is 0 Å². The third-order valence-corrected chi connectivity index (χ3v) is 6.44. The molecule has 5 nitrogen and oxygen atoms in total. The first-order valence-corrected chi connectivity index (χ1v) is 11.1. The molecule has 160 valence electrons. The van der Waals surface area contributed by atoms with Crippen LogP contribution in [-0.2, 0) is 16.1 Å². The summed E-state index contributed by atoms with van der Waals surface area (Å²) in [4.78, 5) is 17.8. The molecule has 2 aromatic carbocycles. The lowest BCUT2D eigenvalue weighted by Crippen LogP contribution is -2.36. The zero-order valence-electron chi connectivity index (χ0n) is 18.4. The normalized spacial score (nSPS) is 21.2. The lowest BCUT2D eigenvalue weighted by molar-refractivity contribution is -0.156. The Morgan fingerprint density at radius 1 is 1.23 bits per heavy atom. The van der Waals surface area contributed by atoms with E-state index in [9.17, 15) is 10.1 Å². The van der Waals surface area contributed by atoms with Gasteiger partial charge in [-0.2, -0.15) is 5.26 Å². The largest absolute Gasteiger partial charge is 0.461 e. The van der Waals surface area contributed by atoms with Crippen LogP contribution in [-0.4, -0.2) is 21.6 Å². The molecule has 1 heterocycles. The molecule has 0 saturated heterocycles. The molecule has 0 aliphatic heterocycles. The summed E-state index contributed by atoms with van der Waals surface area (Å²) in [6, 6.07) is 17.3. The average Bonchev–Trinajstić information content (AvgIpc) is 3.12. The fraction of sp³-hybridized carbons (Fsp3) is 0.423. The summed E-state index contributed by atoms with van der Waals surface area (Å²) >= 11 is 0. The molecule has 0 bridgehead atoms. The topological polar surface area (TPSA) is 67.9 Å². The van der Waals surface area contributed by atoms with E-state index in [2.05, 4.69) is 26.8 Å². The molecule has 0 radical (unpaired) electrons. The number of rotatable bonds is 5. The van der Waals surface area contributed by atoms with Crippen LogP contribution in [0, 0.1) is 29.1 Å². The Bertz CT molecular complexity index is 1130. The third kappa shape index (κ3) is 4.49. The maximum atomic E-state index is 13.1. The Morgan fingerprint density at radius 3 is 2.81 bits per heavy atom. The molecule has 5 heteroatoms. The number of nitrogens with zero attached hydrogens (tertiary/aromatic N) is 3. The number of hydrogen-bond donors (Lipinski definition) is 0. The predicted molar refractivity (Wildman–Crippen MR) is 121 cm³/mol. The molecule has 0 N–H and O–H groups in total. The number of fused-ring (bicyclic) bond motifs is 1. The van der Waals surface area contributed by atoms with Crippen molar-refractivity contribution < 1.29 is 9.53 Å². The Labute approximate surface area is 183 Å². The minimum absolute atomic E-state index is 0.0311. The van der Waals surface area contributed by atoms with Crippen molar-refractivity contribution in [2.24, 2.45) is 17.8 Å². The smallest absolute Gasteiger partial charge is 0.326 e. The molecule has 1 aliphatic rings. The number of esters is 1. The number of aromatic nitrogens is 2. The van der Waals surface area contributed by atoms with E-state index in [-0.39, 0.29) is 18.6 Å². The Morgan fingerprint density at radius 2 is 2.03 bits per heavy atom. The van der Waals surface area contributed by atoms with Crippen molar-refractivity contribution in [3.63, 3.8) is 0 Å². The van der Waals surface area contributed by atoms with E-state index in [4.69, 9.17) is 9.72 Å². The van der Waals surface area contributed by atoms with Gasteiger partial charge in [-0.25, -0.2) is 4.98 Å². The molecule has 31 heavy (non-hydrogen) atoms. The lowest BCUT2D eigenvalue weighted by Gasteiger charge is -2.36. The zero-order chi connectivity index (χ0) is 22.0. The first-order valence-electron chi connectivity index (χ1n) is 11.1. The van der Waals surface area contributed by atoms with Crippen molar-refractivity contribution in [3.05, 3.63) is 54.1 Å². The molecule has 3 aromatic rings. The van der Waals surface area contributed by atoms with E-state index >= 15 is 0 Å². The molecule has 4 rings (SSSR count). The highest BCUT2D eigenvalue weighted by atomic mass is 16.5. The van der Waals surface area contributed by atoms with Crippen LogP contribution in [0.4, 0.5) is 0 Å². The van der Waals surface area contributed by atoms with Gasteiger partial charge in [-0.05, 0) is 54.9 Å². The molecule has 1 unspecified atom stereocenters. The fourth-order valence-corrected chi connectivity index (χ4v) is 4.77. The van der Waals surface area contributed by atoms with E-state index in [0.717, 1.165) is 29.4 Å². The summed E-state index contributed by atoms with van der Waals surface area (Å²) < 4.78 is 7.96.